The number of carbonyl (C=O) groups excluding carboxylic acids is 1. The summed E-state index contributed by atoms with van der Waals surface area (Å²) in [5.74, 6) is 0.287. The van der Waals surface area contributed by atoms with Crippen LogP contribution < -0.4 is 5.32 Å². The molecule has 30 heavy (non-hydrogen) atoms. The molecule has 0 radical (unpaired) electrons. The molecule has 6 rings (SSSR count). The Hall–Kier alpha value is -3.25. The monoisotopic (exact) mass is 397 g/mol. The molecular weight excluding hydrogens is 374 g/mol. The van der Waals surface area contributed by atoms with E-state index in [1.807, 2.05) is 48.6 Å². The van der Waals surface area contributed by atoms with Crippen molar-refractivity contribution in [1.82, 2.24) is 25.1 Å². The summed E-state index contributed by atoms with van der Waals surface area (Å²) < 4.78 is 1.82. The van der Waals surface area contributed by atoms with E-state index in [0.29, 0.717) is 6.42 Å². The highest BCUT2D eigenvalue weighted by molar-refractivity contribution is 6.06. The highest BCUT2D eigenvalue weighted by Gasteiger charge is 2.43. The third-order valence-corrected chi connectivity index (χ3v) is 6.85. The minimum atomic E-state index is -0.00970. The van der Waals surface area contributed by atoms with Crippen molar-refractivity contribution in [2.24, 2.45) is 7.05 Å². The van der Waals surface area contributed by atoms with Crippen LogP contribution in [0.2, 0.25) is 0 Å². The molecule has 1 aliphatic heterocycles. The van der Waals surface area contributed by atoms with E-state index >= 15 is 0 Å². The van der Waals surface area contributed by atoms with Gasteiger partial charge in [0, 0.05) is 59.6 Å². The molecule has 6 heteroatoms. The van der Waals surface area contributed by atoms with Crippen molar-refractivity contribution in [3.05, 3.63) is 60.2 Å². The number of H-pyrrole nitrogens is 1. The van der Waals surface area contributed by atoms with Crippen LogP contribution in [0.25, 0.3) is 33.3 Å². The first-order valence-electron chi connectivity index (χ1n) is 10.5. The highest BCUT2D eigenvalue weighted by Crippen LogP contribution is 2.47. The van der Waals surface area contributed by atoms with E-state index in [2.05, 4.69) is 32.5 Å². The van der Waals surface area contributed by atoms with Gasteiger partial charge in [-0.1, -0.05) is 12.1 Å². The van der Waals surface area contributed by atoms with Crippen molar-refractivity contribution in [2.45, 2.75) is 24.7 Å². The van der Waals surface area contributed by atoms with E-state index in [-0.39, 0.29) is 11.2 Å². The average Bonchev–Trinajstić information content (AvgIpc) is 3.45. The number of pyridine rings is 1. The molecule has 2 aliphatic rings. The number of ketones is 1. The second kappa shape index (κ2) is 6.37. The molecule has 1 fully saturated rings. The molecule has 0 amide bonds. The van der Waals surface area contributed by atoms with Gasteiger partial charge in [0.25, 0.3) is 0 Å². The minimum Gasteiger partial charge on any atom is -0.345 e. The number of nitrogens with one attached hydrogen (secondary N) is 2. The summed E-state index contributed by atoms with van der Waals surface area (Å²) in [5, 5.41) is 8.88. The molecule has 1 spiro atoms. The van der Waals surface area contributed by atoms with Gasteiger partial charge in [0.05, 0.1) is 6.20 Å². The highest BCUT2D eigenvalue weighted by atomic mass is 16.1. The van der Waals surface area contributed by atoms with Gasteiger partial charge >= 0.3 is 0 Å². The maximum atomic E-state index is 12.7. The Balaban J connectivity index is 1.54. The lowest BCUT2D eigenvalue weighted by Crippen LogP contribution is -2.38. The SMILES string of the molecule is Cn1cc(-c2ccnc3[nH]cc(-c4ccc5c(c4)C4(CCNCC4)CC5=O)c23)cn1. The van der Waals surface area contributed by atoms with Crippen LogP contribution in [0, 0.1) is 0 Å². The lowest BCUT2D eigenvalue weighted by Gasteiger charge is -2.34. The Morgan fingerprint density at radius 3 is 2.73 bits per heavy atom. The molecule has 0 saturated carbocycles. The van der Waals surface area contributed by atoms with Gasteiger partial charge in [0.15, 0.2) is 5.78 Å². The molecule has 0 atom stereocenters. The Labute approximate surface area is 174 Å². The van der Waals surface area contributed by atoms with Gasteiger partial charge in [-0.3, -0.25) is 9.48 Å². The second-order valence-electron chi connectivity index (χ2n) is 8.58. The number of aryl methyl sites for hydroxylation is 1. The number of hydrogen-bond donors (Lipinski definition) is 2. The quantitative estimate of drug-likeness (QED) is 0.539. The lowest BCUT2D eigenvalue weighted by atomic mass is 9.74. The third kappa shape index (κ3) is 2.50. The molecule has 4 aromatic rings. The fourth-order valence-electron chi connectivity index (χ4n) is 5.33. The van der Waals surface area contributed by atoms with Crippen molar-refractivity contribution < 1.29 is 4.79 Å². The Bertz CT molecular complexity index is 1290. The molecule has 3 aromatic heterocycles. The van der Waals surface area contributed by atoms with Crippen LogP contribution >= 0.6 is 0 Å². The van der Waals surface area contributed by atoms with Crippen molar-refractivity contribution >= 4 is 16.8 Å². The lowest BCUT2D eigenvalue weighted by molar-refractivity contribution is 0.0964. The van der Waals surface area contributed by atoms with Gasteiger partial charge in [-0.05, 0) is 54.8 Å². The number of aromatic amines is 1. The van der Waals surface area contributed by atoms with Crippen LogP contribution in [0.15, 0.2) is 49.1 Å². The van der Waals surface area contributed by atoms with E-state index in [1.165, 1.54) is 5.56 Å². The predicted octanol–water partition coefficient (Wildman–Crippen LogP) is 3.84. The Morgan fingerprint density at radius 1 is 1.07 bits per heavy atom. The molecule has 0 unspecified atom stereocenters. The Kier molecular flexibility index (Phi) is 3.74. The maximum absolute atomic E-state index is 12.7. The molecule has 1 saturated heterocycles. The van der Waals surface area contributed by atoms with Crippen molar-refractivity contribution in [2.75, 3.05) is 13.1 Å². The summed E-state index contributed by atoms with van der Waals surface area (Å²) in [6.45, 7) is 1.94. The van der Waals surface area contributed by atoms with Gasteiger partial charge in [0.1, 0.15) is 5.65 Å². The first-order chi connectivity index (χ1) is 14.6. The molecule has 4 heterocycles. The summed E-state index contributed by atoms with van der Waals surface area (Å²) in [7, 11) is 1.93. The van der Waals surface area contributed by atoms with Crippen LogP contribution in [0.3, 0.4) is 0 Å². The second-order valence-corrected chi connectivity index (χ2v) is 8.58. The zero-order chi connectivity index (χ0) is 20.3. The van der Waals surface area contributed by atoms with E-state index in [1.54, 1.807) is 0 Å². The number of carbonyl (C=O) groups is 1. The number of nitrogens with zero attached hydrogens (tertiary/aromatic N) is 3. The van der Waals surface area contributed by atoms with Gasteiger partial charge in [-0.15, -0.1) is 0 Å². The van der Waals surface area contributed by atoms with Gasteiger partial charge in [-0.25, -0.2) is 4.98 Å². The number of hydrogen-bond acceptors (Lipinski definition) is 4. The molecule has 0 bridgehead atoms. The summed E-state index contributed by atoms with van der Waals surface area (Å²) >= 11 is 0. The third-order valence-electron chi connectivity index (χ3n) is 6.85. The first kappa shape index (κ1) is 17.6. The number of piperidine rings is 1. The first-order valence-corrected chi connectivity index (χ1v) is 10.5. The molecular formula is C24H23N5O. The van der Waals surface area contributed by atoms with Crippen LogP contribution in [0.5, 0.6) is 0 Å². The zero-order valence-electron chi connectivity index (χ0n) is 16.9. The topological polar surface area (TPSA) is 75.6 Å². The normalized spacial score (nSPS) is 17.7. The number of rotatable bonds is 2. The van der Waals surface area contributed by atoms with Gasteiger partial charge < -0.3 is 10.3 Å². The fourth-order valence-corrected chi connectivity index (χ4v) is 5.33. The van der Waals surface area contributed by atoms with Crippen molar-refractivity contribution in [1.29, 1.82) is 0 Å². The number of aromatic nitrogens is 4. The van der Waals surface area contributed by atoms with Crippen LogP contribution in [-0.2, 0) is 12.5 Å². The van der Waals surface area contributed by atoms with E-state index in [9.17, 15) is 4.79 Å². The molecule has 6 nitrogen and oxygen atoms in total. The predicted molar refractivity (Wildman–Crippen MR) is 116 cm³/mol. The molecule has 2 N–H and O–H groups in total. The summed E-state index contributed by atoms with van der Waals surface area (Å²) in [4.78, 5) is 20.6. The van der Waals surface area contributed by atoms with E-state index in [4.69, 9.17) is 0 Å². The summed E-state index contributed by atoms with van der Waals surface area (Å²) in [6.07, 6.45) is 10.5. The van der Waals surface area contributed by atoms with Gasteiger partial charge in [-0.2, -0.15) is 5.10 Å². The van der Waals surface area contributed by atoms with E-state index < -0.39 is 0 Å². The zero-order valence-corrected chi connectivity index (χ0v) is 16.9. The summed E-state index contributed by atoms with van der Waals surface area (Å²) in [5.41, 5.74) is 7.41. The molecule has 1 aliphatic carbocycles. The van der Waals surface area contributed by atoms with Crippen LogP contribution in [0.1, 0.15) is 35.2 Å². The van der Waals surface area contributed by atoms with Crippen molar-refractivity contribution in [3.8, 4) is 22.3 Å². The molecule has 1 aromatic carbocycles. The fraction of sp³-hybridized carbons (Fsp3) is 0.292. The van der Waals surface area contributed by atoms with Crippen molar-refractivity contribution in [3.63, 3.8) is 0 Å². The Morgan fingerprint density at radius 2 is 1.93 bits per heavy atom. The minimum absolute atomic E-state index is 0.00970. The van der Waals surface area contributed by atoms with Crippen LogP contribution in [0.4, 0.5) is 0 Å². The molecule has 150 valence electrons. The number of fused-ring (bicyclic) bond motifs is 3. The number of benzene rings is 1. The standard InChI is InChI=1S/C24H23N5O/c1-29-14-16(12-28-29)17-4-7-26-23-22(17)19(13-27-23)15-2-3-18-20(10-15)24(11-21(18)30)5-8-25-9-6-24/h2-4,7,10,12-14,25H,5-6,8-9,11H2,1H3,(H,26,27). The average molecular weight is 397 g/mol. The van der Waals surface area contributed by atoms with Gasteiger partial charge in [0.2, 0.25) is 0 Å². The van der Waals surface area contributed by atoms with E-state index in [0.717, 1.165) is 64.8 Å². The number of Topliss-reactive ketones (excluding diaryl/α,β-unsaturated/α-hetero) is 1. The van der Waals surface area contributed by atoms with Crippen LogP contribution in [-0.4, -0.2) is 38.6 Å². The maximum Gasteiger partial charge on any atom is 0.164 e. The largest absolute Gasteiger partial charge is 0.345 e. The summed E-state index contributed by atoms with van der Waals surface area (Å²) in [6, 6.07) is 8.41. The smallest absolute Gasteiger partial charge is 0.164 e.